The molecular formula is C20H22N4O4S. The quantitative estimate of drug-likeness (QED) is 0.579. The Morgan fingerprint density at radius 1 is 1.21 bits per heavy atom. The zero-order valence-corrected chi connectivity index (χ0v) is 17.0. The first-order valence-corrected chi connectivity index (χ1v) is 10.0. The van der Waals surface area contributed by atoms with Crippen molar-refractivity contribution in [3.05, 3.63) is 52.5 Å². The molecule has 152 valence electrons. The van der Waals surface area contributed by atoms with E-state index in [0.29, 0.717) is 18.0 Å². The Morgan fingerprint density at radius 2 is 1.97 bits per heavy atom. The topological polar surface area (TPSA) is 102 Å². The second-order valence-corrected chi connectivity index (χ2v) is 7.47. The molecule has 0 spiro atoms. The van der Waals surface area contributed by atoms with Gasteiger partial charge in [-0.25, -0.2) is 9.59 Å². The van der Waals surface area contributed by atoms with Crippen LogP contribution >= 0.6 is 11.3 Å². The summed E-state index contributed by atoms with van der Waals surface area (Å²) in [7, 11) is 0. The lowest BCUT2D eigenvalue weighted by atomic mass is 10.2. The van der Waals surface area contributed by atoms with Crippen molar-refractivity contribution >= 4 is 39.5 Å². The molecule has 0 aliphatic rings. The van der Waals surface area contributed by atoms with Crippen molar-refractivity contribution in [2.45, 2.75) is 26.8 Å². The molecule has 2 heterocycles. The number of ether oxygens (including phenoxy) is 1. The van der Waals surface area contributed by atoms with E-state index in [2.05, 4.69) is 15.7 Å². The number of hydrogen-bond donors (Lipinski definition) is 2. The summed E-state index contributed by atoms with van der Waals surface area (Å²) in [6, 6.07) is 11.0. The molecule has 3 rings (SSSR count). The summed E-state index contributed by atoms with van der Waals surface area (Å²) in [4.78, 5) is 36.7. The largest absolute Gasteiger partial charge is 0.451 e. The van der Waals surface area contributed by atoms with E-state index in [-0.39, 0.29) is 0 Å². The van der Waals surface area contributed by atoms with Gasteiger partial charge in [0, 0.05) is 11.9 Å². The van der Waals surface area contributed by atoms with Gasteiger partial charge in [-0.05, 0) is 25.0 Å². The Bertz CT molecular complexity index is 1030. The van der Waals surface area contributed by atoms with Crippen molar-refractivity contribution in [1.82, 2.24) is 20.4 Å². The maximum atomic E-state index is 12.3. The first-order valence-electron chi connectivity index (χ1n) is 9.23. The molecule has 2 aromatic heterocycles. The van der Waals surface area contributed by atoms with Crippen molar-refractivity contribution in [1.29, 1.82) is 0 Å². The summed E-state index contributed by atoms with van der Waals surface area (Å²) in [6.07, 6.45) is 0.754. The Hall–Kier alpha value is -3.20. The molecule has 0 fully saturated rings. The van der Waals surface area contributed by atoms with Crippen LogP contribution in [0.15, 0.2) is 36.4 Å². The van der Waals surface area contributed by atoms with Crippen molar-refractivity contribution in [2.75, 3.05) is 13.2 Å². The SMILES string of the molecule is CCCNC(=O)NC(=O)COC(=O)c1cc2c(C)nn(Cc3ccccc3)c2s1. The van der Waals surface area contributed by atoms with E-state index in [1.165, 1.54) is 11.3 Å². The maximum absolute atomic E-state index is 12.3. The number of urea groups is 1. The minimum Gasteiger partial charge on any atom is -0.451 e. The summed E-state index contributed by atoms with van der Waals surface area (Å²) >= 11 is 1.26. The minimum atomic E-state index is -0.681. The lowest BCUT2D eigenvalue weighted by molar-refractivity contribution is -0.123. The van der Waals surface area contributed by atoms with Gasteiger partial charge >= 0.3 is 12.0 Å². The standard InChI is InChI=1S/C20H22N4O4S/c1-3-9-21-20(27)22-17(25)12-28-19(26)16-10-15-13(2)23-24(18(15)29-16)11-14-7-5-4-6-8-14/h4-8,10H,3,9,11-12H2,1-2H3,(H2,21,22,25,27). The van der Waals surface area contributed by atoms with Crippen molar-refractivity contribution in [2.24, 2.45) is 0 Å². The van der Waals surface area contributed by atoms with Gasteiger partial charge in [0.25, 0.3) is 5.91 Å². The minimum absolute atomic E-state index is 0.380. The lowest BCUT2D eigenvalue weighted by Gasteiger charge is -2.06. The van der Waals surface area contributed by atoms with Crippen molar-refractivity contribution < 1.29 is 19.1 Å². The van der Waals surface area contributed by atoms with Crippen molar-refractivity contribution in [3.63, 3.8) is 0 Å². The first-order chi connectivity index (χ1) is 14.0. The molecule has 0 saturated heterocycles. The average Bonchev–Trinajstić information content (AvgIpc) is 3.27. The van der Waals surface area contributed by atoms with Gasteiger partial charge in [-0.15, -0.1) is 11.3 Å². The third-order valence-corrected chi connectivity index (χ3v) is 5.24. The third kappa shape index (κ3) is 5.20. The Balaban J connectivity index is 1.64. The molecule has 0 aliphatic carbocycles. The summed E-state index contributed by atoms with van der Waals surface area (Å²) in [5.74, 6) is -1.29. The van der Waals surface area contributed by atoms with Gasteiger partial charge in [0.1, 0.15) is 9.71 Å². The van der Waals surface area contributed by atoms with Crippen LogP contribution in [0.3, 0.4) is 0 Å². The first kappa shape index (κ1) is 20.5. The van der Waals surface area contributed by atoms with E-state index in [9.17, 15) is 14.4 Å². The number of nitrogens with zero attached hydrogens (tertiary/aromatic N) is 2. The zero-order chi connectivity index (χ0) is 20.8. The number of aromatic nitrogens is 2. The van der Waals surface area contributed by atoms with Gasteiger partial charge in [0.05, 0.1) is 12.2 Å². The molecule has 3 aromatic rings. The number of nitrogens with one attached hydrogen (secondary N) is 2. The summed E-state index contributed by atoms with van der Waals surface area (Å²) in [5.41, 5.74) is 1.92. The number of amides is 3. The number of benzene rings is 1. The van der Waals surface area contributed by atoms with Crippen LogP contribution in [0, 0.1) is 6.92 Å². The number of fused-ring (bicyclic) bond motifs is 1. The van der Waals surface area contributed by atoms with E-state index < -0.39 is 24.5 Å². The highest BCUT2D eigenvalue weighted by atomic mass is 32.1. The van der Waals surface area contributed by atoms with Crippen LogP contribution in [0.5, 0.6) is 0 Å². The molecule has 0 aliphatic heterocycles. The van der Waals surface area contributed by atoms with E-state index in [1.54, 1.807) is 6.07 Å². The summed E-state index contributed by atoms with van der Waals surface area (Å²) in [6.45, 7) is 4.31. The fraction of sp³-hybridized carbons (Fsp3) is 0.300. The fourth-order valence-corrected chi connectivity index (χ4v) is 3.78. The van der Waals surface area contributed by atoms with Crippen molar-refractivity contribution in [3.8, 4) is 0 Å². The zero-order valence-electron chi connectivity index (χ0n) is 16.2. The highest BCUT2D eigenvalue weighted by molar-refractivity contribution is 7.20. The Kier molecular flexibility index (Phi) is 6.61. The molecule has 0 bridgehead atoms. The van der Waals surface area contributed by atoms with Crippen LogP contribution < -0.4 is 10.6 Å². The van der Waals surface area contributed by atoms with E-state index in [0.717, 1.165) is 27.9 Å². The monoisotopic (exact) mass is 414 g/mol. The maximum Gasteiger partial charge on any atom is 0.348 e. The second-order valence-electron chi connectivity index (χ2n) is 6.44. The molecule has 9 heteroatoms. The highest BCUT2D eigenvalue weighted by Crippen LogP contribution is 2.29. The molecule has 8 nitrogen and oxygen atoms in total. The normalized spacial score (nSPS) is 10.7. The van der Waals surface area contributed by atoms with E-state index in [1.807, 2.05) is 48.9 Å². The predicted octanol–water partition coefficient (Wildman–Crippen LogP) is 2.85. The number of carbonyl (C=O) groups excluding carboxylic acids is 3. The molecule has 0 radical (unpaired) electrons. The van der Waals surface area contributed by atoms with Gasteiger partial charge < -0.3 is 10.1 Å². The van der Waals surface area contributed by atoms with Gasteiger partial charge in [0.15, 0.2) is 6.61 Å². The van der Waals surface area contributed by atoms with Crippen LogP contribution in [0.2, 0.25) is 0 Å². The number of esters is 1. The Morgan fingerprint density at radius 3 is 2.69 bits per heavy atom. The number of thiophene rings is 1. The van der Waals surface area contributed by atoms with Gasteiger partial charge in [0.2, 0.25) is 0 Å². The molecular weight excluding hydrogens is 392 g/mol. The van der Waals surface area contributed by atoms with Gasteiger partial charge in [-0.3, -0.25) is 14.8 Å². The van der Waals surface area contributed by atoms with E-state index >= 15 is 0 Å². The number of hydrogen-bond acceptors (Lipinski definition) is 6. The Labute approximate surface area is 171 Å². The number of carbonyl (C=O) groups is 3. The van der Waals surface area contributed by atoms with Crippen LogP contribution in [0.25, 0.3) is 10.2 Å². The lowest BCUT2D eigenvalue weighted by Crippen LogP contribution is -2.41. The van der Waals surface area contributed by atoms with Crippen LogP contribution in [0.1, 0.15) is 34.3 Å². The summed E-state index contributed by atoms with van der Waals surface area (Å²) < 4.78 is 6.90. The molecule has 1 aromatic carbocycles. The second kappa shape index (κ2) is 9.33. The number of imide groups is 1. The molecule has 0 atom stereocenters. The molecule has 29 heavy (non-hydrogen) atoms. The fourth-order valence-electron chi connectivity index (χ4n) is 2.72. The molecule has 0 saturated carbocycles. The van der Waals surface area contributed by atoms with E-state index in [4.69, 9.17) is 4.74 Å². The van der Waals surface area contributed by atoms with Crippen LogP contribution in [-0.2, 0) is 16.1 Å². The van der Waals surface area contributed by atoms with Gasteiger partial charge in [-0.2, -0.15) is 5.10 Å². The predicted molar refractivity (Wildman–Crippen MR) is 110 cm³/mol. The molecule has 3 amide bonds. The van der Waals surface area contributed by atoms with Crippen LogP contribution in [0.4, 0.5) is 4.79 Å². The van der Waals surface area contributed by atoms with Crippen LogP contribution in [-0.4, -0.2) is 40.8 Å². The molecule has 0 unspecified atom stereocenters. The summed E-state index contributed by atoms with van der Waals surface area (Å²) in [5, 5.41) is 10.0. The highest BCUT2D eigenvalue weighted by Gasteiger charge is 2.19. The van der Waals surface area contributed by atoms with Gasteiger partial charge in [-0.1, -0.05) is 37.3 Å². The number of aryl methyl sites for hydroxylation is 1. The smallest absolute Gasteiger partial charge is 0.348 e. The average molecular weight is 414 g/mol. The number of rotatable bonds is 7. The third-order valence-electron chi connectivity index (χ3n) is 4.11. The molecule has 2 N–H and O–H groups in total.